The molecule has 1 heterocycles. The first-order chi connectivity index (χ1) is 17.9. The van der Waals surface area contributed by atoms with E-state index in [4.69, 9.17) is 9.47 Å². The van der Waals surface area contributed by atoms with Crippen LogP contribution in [-0.2, 0) is 45.1 Å². The molecule has 2 atom stereocenters. The second-order valence-corrected chi connectivity index (χ2v) is 9.32. The lowest BCUT2D eigenvalue weighted by molar-refractivity contribution is -0.145. The number of benzene rings is 3. The van der Waals surface area contributed by atoms with Crippen molar-refractivity contribution in [1.29, 1.82) is 0 Å². The number of carbonyl (C=O) groups excluding carboxylic acids is 3. The van der Waals surface area contributed by atoms with Crippen molar-refractivity contribution < 1.29 is 23.9 Å². The normalized spacial score (nSPS) is 15.3. The zero-order valence-corrected chi connectivity index (χ0v) is 21.4. The third-order valence-corrected chi connectivity index (χ3v) is 6.85. The molecule has 7 heteroatoms. The van der Waals surface area contributed by atoms with Crippen LogP contribution in [0.3, 0.4) is 0 Å². The molecule has 1 aliphatic rings. The summed E-state index contributed by atoms with van der Waals surface area (Å²) in [7, 11) is 1.30. The molecule has 0 radical (unpaired) electrons. The molecule has 0 saturated carbocycles. The van der Waals surface area contributed by atoms with Crippen LogP contribution < -0.4 is 5.32 Å². The zero-order chi connectivity index (χ0) is 26.4. The summed E-state index contributed by atoms with van der Waals surface area (Å²) in [6, 6.07) is 21.3. The number of esters is 1. The smallest absolute Gasteiger partial charge is 0.411 e. The van der Waals surface area contributed by atoms with Gasteiger partial charge in [-0.3, -0.25) is 9.69 Å². The van der Waals surface area contributed by atoms with E-state index in [1.807, 2.05) is 86.6 Å². The van der Waals surface area contributed by atoms with Gasteiger partial charge in [0.2, 0.25) is 5.91 Å². The monoisotopic (exact) mass is 500 g/mol. The molecule has 0 bridgehead atoms. The summed E-state index contributed by atoms with van der Waals surface area (Å²) in [5, 5.41) is 2.87. The maximum Gasteiger partial charge on any atom is 0.411 e. The van der Waals surface area contributed by atoms with Crippen LogP contribution in [0.5, 0.6) is 0 Å². The molecule has 1 N–H and O–H groups in total. The van der Waals surface area contributed by atoms with Crippen molar-refractivity contribution in [3.8, 4) is 0 Å². The molecule has 0 spiro atoms. The van der Waals surface area contributed by atoms with Crippen LogP contribution in [0.25, 0.3) is 0 Å². The summed E-state index contributed by atoms with van der Waals surface area (Å²) in [5.74, 6) is -0.960. The predicted molar refractivity (Wildman–Crippen MR) is 140 cm³/mol. The highest BCUT2D eigenvalue weighted by atomic mass is 16.6. The van der Waals surface area contributed by atoms with E-state index in [9.17, 15) is 14.4 Å². The maximum atomic E-state index is 13.6. The lowest BCUT2D eigenvalue weighted by Gasteiger charge is -2.35. The number of amides is 2. The molecule has 37 heavy (non-hydrogen) atoms. The second-order valence-electron chi connectivity index (χ2n) is 9.32. The molecule has 3 aromatic rings. The zero-order valence-electron chi connectivity index (χ0n) is 21.4. The van der Waals surface area contributed by atoms with Gasteiger partial charge in [0.25, 0.3) is 0 Å². The largest absolute Gasteiger partial charge is 0.467 e. The number of nitrogens with one attached hydrogen (secondary N) is 1. The minimum absolute atomic E-state index is 0.101. The summed E-state index contributed by atoms with van der Waals surface area (Å²) in [5.41, 5.74) is 5.84. The Morgan fingerprint density at radius 2 is 1.57 bits per heavy atom. The Balaban J connectivity index is 1.55. The number of methoxy groups -OCH3 is 1. The van der Waals surface area contributed by atoms with E-state index in [1.54, 1.807) is 0 Å². The fourth-order valence-corrected chi connectivity index (χ4v) is 4.73. The van der Waals surface area contributed by atoms with Crippen LogP contribution in [0, 0.1) is 13.8 Å². The molecular formula is C30H32N2O5. The van der Waals surface area contributed by atoms with Crippen molar-refractivity contribution in [1.82, 2.24) is 10.2 Å². The summed E-state index contributed by atoms with van der Waals surface area (Å²) >= 11 is 0. The molecule has 3 aromatic carbocycles. The number of hydrogen-bond donors (Lipinski definition) is 1. The standard InChI is InChI=1S/C30H32N2O5/c1-20-10-9-11-21(2)25(20)17-26(29(34)36-3)31-28(33)27-16-23-14-7-8-15-24(23)18-32(27)30(35)37-19-22-12-5-4-6-13-22/h4-15,26-27H,16-19H2,1-3H3,(H,31,33)/t26-,27-/m0/s1. The van der Waals surface area contributed by atoms with Gasteiger partial charge in [-0.25, -0.2) is 9.59 Å². The first-order valence-corrected chi connectivity index (χ1v) is 12.3. The number of fused-ring (bicyclic) bond motifs is 1. The molecule has 0 saturated heterocycles. The van der Waals surface area contributed by atoms with Crippen LogP contribution in [0.15, 0.2) is 72.8 Å². The van der Waals surface area contributed by atoms with Crippen molar-refractivity contribution in [2.75, 3.05) is 7.11 Å². The van der Waals surface area contributed by atoms with Crippen LogP contribution in [0.4, 0.5) is 4.79 Å². The van der Waals surface area contributed by atoms with Crippen LogP contribution >= 0.6 is 0 Å². The molecule has 4 rings (SSSR count). The van der Waals surface area contributed by atoms with Gasteiger partial charge in [-0.1, -0.05) is 72.8 Å². The lowest BCUT2D eigenvalue weighted by Crippen LogP contribution is -2.56. The molecule has 2 amide bonds. The number of rotatable bonds is 7. The predicted octanol–water partition coefficient (Wildman–Crippen LogP) is 4.27. The van der Waals surface area contributed by atoms with Gasteiger partial charge in [0.1, 0.15) is 18.7 Å². The molecule has 192 valence electrons. The van der Waals surface area contributed by atoms with E-state index in [-0.39, 0.29) is 13.2 Å². The average molecular weight is 501 g/mol. The lowest BCUT2D eigenvalue weighted by atomic mass is 9.93. The average Bonchev–Trinajstić information content (AvgIpc) is 2.92. The van der Waals surface area contributed by atoms with E-state index in [0.717, 1.165) is 33.4 Å². The summed E-state index contributed by atoms with van der Waals surface area (Å²) < 4.78 is 10.6. The molecule has 1 aliphatic heterocycles. The summed E-state index contributed by atoms with van der Waals surface area (Å²) in [4.78, 5) is 40.9. The maximum absolute atomic E-state index is 13.6. The first-order valence-electron chi connectivity index (χ1n) is 12.3. The Labute approximate surface area is 217 Å². The number of aryl methyl sites for hydroxylation is 2. The van der Waals surface area contributed by atoms with Crippen molar-refractivity contribution in [2.45, 2.75) is 51.9 Å². The minimum Gasteiger partial charge on any atom is -0.467 e. The van der Waals surface area contributed by atoms with E-state index >= 15 is 0 Å². The van der Waals surface area contributed by atoms with Gasteiger partial charge in [-0.2, -0.15) is 0 Å². The van der Waals surface area contributed by atoms with Gasteiger partial charge in [0.05, 0.1) is 13.7 Å². The molecule has 0 aromatic heterocycles. The SMILES string of the molecule is COC(=O)[C@H](Cc1c(C)cccc1C)NC(=O)[C@@H]1Cc2ccccc2CN1C(=O)OCc1ccccc1. The molecular weight excluding hydrogens is 468 g/mol. The Morgan fingerprint density at radius 3 is 2.24 bits per heavy atom. The van der Waals surface area contributed by atoms with Gasteiger partial charge in [0, 0.05) is 12.8 Å². The number of carbonyl (C=O) groups is 3. The Bertz CT molecular complexity index is 1250. The highest BCUT2D eigenvalue weighted by Gasteiger charge is 2.37. The Kier molecular flexibility index (Phi) is 8.23. The van der Waals surface area contributed by atoms with E-state index in [0.29, 0.717) is 12.8 Å². The number of ether oxygens (including phenoxy) is 2. The van der Waals surface area contributed by atoms with Crippen molar-refractivity contribution >= 4 is 18.0 Å². The molecule has 7 nitrogen and oxygen atoms in total. The van der Waals surface area contributed by atoms with Gasteiger partial charge < -0.3 is 14.8 Å². The number of nitrogens with zero attached hydrogens (tertiary/aromatic N) is 1. The highest BCUT2D eigenvalue weighted by Crippen LogP contribution is 2.25. The Hall–Kier alpha value is -4.13. The molecule has 0 unspecified atom stereocenters. The number of hydrogen-bond acceptors (Lipinski definition) is 5. The van der Waals surface area contributed by atoms with Gasteiger partial charge in [0.15, 0.2) is 0 Å². The van der Waals surface area contributed by atoms with Crippen molar-refractivity contribution in [2.24, 2.45) is 0 Å². The van der Waals surface area contributed by atoms with Crippen molar-refractivity contribution in [3.63, 3.8) is 0 Å². The quantitative estimate of drug-likeness (QED) is 0.490. The summed E-state index contributed by atoms with van der Waals surface area (Å²) in [6.45, 7) is 4.28. The third-order valence-electron chi connectivity index (χ3n) is 6.85. The van der Waals surface area contributed by atoms with E-state index < -0.39 is 30.1 Å². The minimum atomic E-state index is -0.892. The second kappa shape index (κ2) is 11.7. The van der Waals surface area contributed by atoms with Gasteiger partial charge >= 0.3 is 12.1 Å². The van der Waals surface area contributed by atoms with Crippen LogP contribution in [0.1, 0.15) is 33.4 Å². The van der Waals surface area contributed by atoms with E-state index in [1.165, 1.54) is 12.0 Å². The molecule has 0 fully saturated rings. The van der Waals surface area contributed by atoms with Crippen LogP contribution in [-0.4, -0.2) is 42.1 Å². The van der Waals surface area contributed by atoms with Gasteiger partial charge in [-0.15, -0.1) is 0 Å². The topological polar surface area (TPSA) is 84.9 Å². The third kappa shape index (κ3) is 6.17. The summed E-state index contributed by atoms with van der Waals surface area (Å²) in [6.07, 6.45) is 0.0289. The van der Waals surface area contributed by atoms with Crippen LogP contribution in [0.2, 0.25) is 0 Å². The highest BCUT2D eigenvalue weighted by molar-refractivity contribution is 5.90. The van der Waals surface area contributed by atoms with E-state index in [2.05, 4.69) is 5.32 Å². The fourth-order valence-electron chi connectivity index (χ4n) is 4.73. The first kappa shape index (κ1) is 25.9. The fraction of sp³-hybridized carbons (Fsp3) is 0.300. The Morgan fingerprint density at radius 1 is 0.919 bits per heavy atom. The van der Waals surface area contributed by atoms with Gasteiger partial charge in [-0.05, 0) is 47.2 Å². The van der Waals surface area contributed by atoms with Crippen molar-refractivity contribution in [3.05, 3.63) is 106 Å². The molecule has 0 aliphatic carbocycles.